The molecule has 8 heterocycles. The number of carbonyl (C=O) groups is 7. The molecule has 630 valence electrons. The van der Waals surface area contributed by atoms with E-state index in [-0.39, 0.29) is 169 Å². The molecule has 0 bridgehead atoms. The van der Waals surface area contributed by atoms with E-state index >= 15 is 0 Å². The minimum Gasteiger partial charge on any atom is -0.870 e. The van der Waals surface area contributed by atoms with E-state index in [0.717, 1.165) is 58.9 Å². The molecule has 4 aromatic carbocycles. The maximum Gasteiger partial charge on any atom is 1.00 e. The molecular formula is C79H123BrCl2N12Na2O18. The second-order valence-corrected chi connectivity index (χ2v) is 28.3. The van der Waals surface area contributed by atoms with Gasteiger partial charge in [-0.25, -0.2) is 0 Å². The van der Waals surface area contributed by atoms with E-state index in [9.17, 15) is 54.0 Å². The van der Waals surface area contributed by atoms with Crippen LogP contribution >= 0.6 is 39.1 Å². The smallest absolute Gasteiger partial charge is 0.870 e. The molecule has 8 aliphatic rings. The maximum atomic E-state index is 11.2. The fourth-order valence-corrected chi connectivity index (χ4v) is 12.8. The number of allylic oxidation sites excluding steroid dienone is 2. The summed E-state index contributed by atoms with van der Waals surface area (Å²) in [5, 5.41) is 70.0. The Balaban J connectivity index is 0. The fourth-order valence-electron chi connectivity index (χ4n) is 12.4. The van der Waals surface area contributed by atoms with Crippen LogP contribution in [0.2, 0.25) is 0 Å². The van der Waals surface area contributed by atoms with Crippen molar-refractivity contribution in [2.75, 3.05) is 135 Å². The minimum absolute atomic E-state index is 0. The molecule has 8 aliphatic heterocycles. The first-order valence-electron chi connectivity index (χ1n) is 36.8. The summed E-state index contributed by atoms with van der Waals surface area (Å²) in [6.07, 6.45) is 6.63. The number of β-amino-alcohol motifs (C(OH)–C–C–N with tert-alkyl or cyclic N) is 5. The molecule has 7 fully saturated rings. The number of hydrogen-bond donors (Lipinski definition) is 12. The van der Waals surface area contributed by atoms with Crippen LogP contribution < -0.4 is 91.4 Å². The average Bonchev–Trinajstić information content (AvgIpc) is 1.64. The fraction of sp³-hybridized carbons (Fsp3) is 0.557. The number of epoxide rings is 1. The third kappa shape index (κ3) is 48.8. The number of nitrogens with one attached hydrogen (secondary N) is 5. The number of nitrogens with zero attached hydrogens (tertiary/aromatic N) is 6. The van der Waals surface area contributed by atoms with Gasteiger partial charge in [0, 0.05) is 163 Å². The molecule has 12 rings (SSSR count). The molecule has 0 spiro atoms. The van der Waals surface area contributed by atoms with E-state index in [0.29, 0.717) is 94.9 Å². The molecule has 0 saturated carbocycles. The number of alkyl halides is 3. The third-order valence-electron chi connectivity index (χ3n) is 17.5. The summed E-state index contributed by atoms with van der Waals surface area (Å²) in [6, 6.07) is 40.7. The number of nitrogens with two attached hydrogens (primary N) is 1. The van der Waals surface area contributed by atoms with Gasteiger partial charge >= 0.3 is 77.0 Å². The van der Waals surface area contributed by atoms with Crippen LogP contribution in [0.3, 0.4) is 0 Å². The second-order valence-electron chi connectivity index (χ2n) is 27.1. The Morgan fingerprint density at radius 3 is 1.11 bits per heavy atom. The number of rotatable bonds is 21. The van der Waals surface area contributed by atoms with Crippen LogP contribution in [0.25, 0.3) is 0 Å². The number of hydrogen-bond acceptors (Lipinski definition) is 25. The summed E-state index contributed by atoms with van der Waals surface area (Å²) in [5.41, 5.74) is 11.0. The van der Waals surface area contributed by atoms with E-state index in [1.807, 2.05) is 48.6 Å². The normalized spacial score (nSPS) is 23.4. The molecule has 0 aromatic heterocycles. The van der Waals surface area contributed by atoms with Crippen molar-refractivity contribution in [2.45, 2.75) is 148 Å². The van der Waals surface area contributed by atoms with Crippen molar-refractivity contribution in [3.05, 3.63) is 168 Å². The van der Waals surface area contributed by atoms with Crippen molar-refractivity contribution in [1.82, 2.24) is 56.0 Å². The SMILES string of the molecule is C.C1=CCN(Cc2ccccc2)C1.CC(=O)N[C@H]1CN(CC(=O)O)C[C@@H]1O.CC(=O)N[C@H]1CN(Cc2ccccc2)C[C@@H]1O.CC(=O)N[C@H]1CNC[C@@H]1O.CCOC(=O)CBr.CCOC(=O)CN1C[C@H](NC(C)=O)[C@@H](O)C1.ClC/C=C\CCl.N[C@H]1CN(Cc2ccccc2)C[C@@H]1O.[Na+].[Na+].[OH-].[OH-].c1ccc(CN2CC3OC3C2)cc1. The van der Waals surface area contributed by atoms with Crippen molar-refractivity contribution in [3.63, 3.8) is 0 Å². The molecule has 15 N–H and O–H groups in total. The summed E-state index contributed by atoms with van der Waals surface area (Å²) < 4.78 is 14.7. The van der Waals surface area contributed by atoms with Gasteiger partial charge in [0.25, 0.3) is 0 Å². The number of likely N-dealkylation sites (tertiary alicyclic amines) is 5. The Hall–Kier alpha value is -4.93. The monoisotopic (exact) mass is 1720 g/mol. The molecule has 0 aliphatic carbocycles. The number of esters is 2. The van der Waals surface area contributed by atoms with Gasteiger partial charge in [-0.05, 0) is 36.1 Å². The van der Waals surface area contributed by atoms with Gasteiger partial charge in [-0.3, -0.25) is 63.0 Å². The molecule has 12 atom stereocenters. The third-order valence-corrected chi connectivity index (χ3v) is 18.3. The number of carbonyl (C=O) groups excluding carboxylic acids is 6. The molecule has 35 heteroatoms. The Morgan fingerprint density at radius 2 is 0.798 bits per heavy atom. The quantitative estimate of drug-likeness (QED) is 0.0127. The zero-order valence-electron chi connectivity index (χ0n) is 66.5. The first-order valence-corrected chi connectivity index (χ1v) is 39.0. The summed E-state index contributed by atoms with van der Waals surface area (Å²) in [5.74, 6) is -0.891. The average molecular weight is 1730 g/mol. The van der Waals surface area contributed by atoms with E-state index in [2.05, 4.69) is 164 Å². The van der Waals surface area contributed by atoms with Gasteiger partial charge in [0.15, 0.2) is 0 Å². The van der Waals surface area contributed by atoms with Crippen LogP contribution in [0.15, 0.2) is 146 Å². The Bertz CT molecular complexity index is 3290. The molecule has 4 aromatic rings. The Kier molecular flexibility index (Phi) is 62.4. The van der Waals surface area contributed by atoms with Crippen LogP contribution in [0.4, 0.5) is 0 Å². The summed E-state index contributed by atoms with van der Waals surface area (Å²) >= 11 is 13.4. The minimum atomic E-state index is -0.930. The number of fused-ring (bicyclic) bond motifs is 1. The van der Waals surface area contributed by atoms with Gasteiger partial charge in [-0.1, -0.05) is 169 Å². The van der Waals surface area contributed by atoms with E-state index in [1.165, 1.54) is 49.9 Å². The van der Waals surface area contributed by atoms with Crippen molar-refractivity contribution < 1.29 is 148 Å². The van der Waals surface area contributed by atoms with Crippen LogP contribution in [-0.2, 0) is 74.0 Å². The summed E-state index contributed by atoms with van der Waals surface area (Å²) in [4.78, 5) is 87.3. The van der Waals surface area contributed by atoms with Crippen LogP contribution in [0.1, 0.15) is 71.2 Å². The number of carboxylic acid groups (broad SMARTS) is 1. The number of benzene rings is 4. The molecule has 7 saturated heterocycles. The predicted octanol–water partition coefficient (Wildman–Crippen LogP) is -3.42. The van der Waals surface area contributed by atoms with Crippen LogP contribution in [-0.4, -0.2) is 320 Å². The zero-order valence-corrected chi connectivity index (χ0v) is 73.6. The van der Waals surface area contributed by atoms with Crippen molar-refractivity contribution in [3.8, 4) is 0 Å². The van der Waals surface area contributed by atoms with Gasteiger partial charge in [-0.15, -0.1) is 23.2 Å². The van der Waals surface area contributed by atoms with Crippen LogP contribution in [0, 0.1) is 0 Å². The van der Waals surface area contributed by atoms with Gasteiger partial charge in [-0.2, -0.15) is 0 Å². The Morgan fingerprint density at radius 1 is 0.474 bits per heavy atom. The molecular weight excluding hydrogens is 1600 g/mol. The molecule has 2 unspecified atom stereocenters. The molecule has 0 radical (unpaired) electrons. The topological polar surface area (TPSA) is 437 Å². The number of aliphatic hydroxyl groups excluding tert-OH is 5. The van der Waals surface area contributed by atoms with Crippen molar-refractivity contribution in [2.24, 2.45) is 5.73 Å². The van der Waals surface area contributed by atoms with Crippen LogP contribution in [0.5, 0.6) is 0 Å². The van der Waals surface area contributed by atoms with Crippen molar-refractivity contribution >= 4 is 80.7 Å². The second kappa shape index (κ2) is 64.1. The van der Waals surface area contributed by atoms with Gasteiger partial charge in [0.1, 0.15) is 5.33 Å². The largest absolute Gasteiger partial charge is 1.00 e. The number of amides is 4. The number of aliphatic carboxylic acids is 1. The first kappa shape index (κ1) is 111. The van der Waals surface area contributed by atoms with Crippen molar-refractivity contribution in [1.29, 1.82) is 0 Å². The van der Waals surface area contributed by atoms with E-state index in [1.54, 1.807) is 23.6 Å². The summed E-state index contributed by atoms with van der Waals surface area (Å²) in [7, 11) is 0. The number of halogens is 3. The van der Waals surface area contributed by atoms with Gasteiger partial charge in [0.2, 0.25) is 23.6 Å². The number of morpholine rings is 1. The van der Waals surface area contributed by atoms with E-state index < -0.39 is 30.4 Å². The summed E-state index contributed by atoms with van der Waals surface area (Å²) in [6.45, 7) is 24.0. The zero-order chi connectivity index (χ0) is 80.0. The maximum absolute atomic E-state index is 11.2. The Labute approximate surface area is 735 Å². The first-order chi connectivity index (χ1) is 52.2. The number of ether oxygens (including phenoxy) is 3. The molecule has 114 heavy (non-hydrogen) atoms. The number of aliphatic hydroxyl groups is 5. The standard InChI is InChI=1S/C13H18N2O2.C11H16N2O.C11H13NO.C11H13N.C10H18N2O4.C8H14N2O4.C6H12N2O2.C4H7BrO2.C4H6Cl2.CH4.2Na.2H2O/c1-10(16)14-12-8-15(9-13(12)17)7-11-5-3-2-4-6-11;12-10-7-13(8-11(10)14)6-9-4-2-1-3-5-9;1-2-4-9(5-3-1)6-12-7-10-11(8-12)13-10;1-2-6-11(7-3-1)10-12-8-4-5-9-12;1-3-16-10(15)6-12-4-8(9(14)5-12)11-7(2)13;1-5(11)9-6-2-10(3-7(6)12)4-8(13)14;1-4(9)8-5-2-7-3-6(5)10;1-2-7-4(6)3-5;5-3-1-2-4-6;;;;;/h2-6,12-13,17H,7-9H2,1H3,(H,14,16);1-5,10-11,14H,6-8,12H2;1-5,10-11H,6-8H2;1-7H,8-10H2;8-9,14H,3-6H2,1-2H3,(H,11,13);6-7,12H,2-4H2,1H3,(H,9,11)(H,13,14);5-7,10H,2-3H2,1H3,(H,8,9);2-3H2,1H3;1-2H,3-4H2;1H4;;;2*1H2/q;;;;;;;;;;2*+1;;/p-2/b;;;;;;;;2-1-;;;;;/t12-,13-;10-,11-;;;8-,9-;6-,7-;5-,6-;;;;;;;/m00..000......./s1. The van der Waals surface area contributed by atoms with Gasteiger partial charge in [0.05, 0.1) is 93.2 Å². The van der Waals surface area contributed by atoms with Gasteiger partial charge < -0.3 is 88.1 Å². The molecule has 30 nitrogen and oxygen atoms in total. The van der Waals surface area contributed by atoms with E-state index in [4.69, 9.17) is 48.6 Å². The molecule has 4 amide bonds. The number of carboxylic acids is 1. The predicted molar refractivity (Wildman–Crippen MR) is 435 cm³/mol.